The molecule has 0 spiro atoms. The minimum Gasteiger partial charge on any atom is -0.444 e. The van der Waals surface area contributed by atoms with E-state index >= 15 is 0 Å². The first kappa shape index (κ1) is 22.4. The number of amides is 2. The van der Waals surface area contributed by atoms with E-state index in [1.165, 1.54) is 12.4 Å². The fraction of sp³-hybridized carbons (Fsp3) is 0.429. The van der Waals surface area contributed by atoms with Crippen LogP contribution in [-0.2, 0) is 9.53 Å². The largest absolute Gasteiger partial charge is 0.444 e. The van der Waals surface area contributed by atoms with Crippen LogP contribution in [0.4, 0.5) is 19.3 Å². The van der Waals surface area contributed by atoms with Gasteiger partial charge in [0.25, 0.3) is 0 Å². The SMILES string of the molecule is C[C@H]1/C=C\C[C@H](NC(=O)OC(C)(C)C)c2cc(ccn2)-c2c(cnn2C(F)F)NC1=O. The summed E-state index contributed by atoms with van der Waals surface area (Å²) in [6.07, 6.45) is 5.80. The second kappa shape index (κ2) is 8.83. The van der Waals surface area contributed by atoms with Crippen molar-refractivity contribution in [3.05, 3.63) is 42.4 Å². The van der Waals surface area contributed by atoms with Crippen LogP contribution in [0.3, 0.4) is 0 Å². The zero-order valence-electron chi connectivity index (χ0n) is 17.7. The minimum atomic E-state index is -2.90. The monoisotopic (exact) mass is 433 g/mol. The van der Waals surface area contributed by atoms with Gasteiger partial charge in [-0.1, -0.05) is 19.1 Å². The predicted octanol–water partition coefficient (Wildman–Crippen LogP) is 4.44. The van der Waals surface area contributed by atoms with Crippen molar-refractivity contribution in [1.82, 2.24) is 20.1 Å². The molecule has 10 heteroatoms. The van der Waals surface area contributed by atoms with Crippen LogP contribution in [0.25, 0.3) is 11.3 Å². The number of alkyl halides is 2. The number of pyridine rings is 1. The molecule has 2 bridgehead atoms. The Labute approximate surface area is 178 Å². The third-order valence-electron chi connectivity index (χ3n) is 4.55. The lowest BCUT2D eigenvalue weighted by Crippen LogP contribution is -2.35. The number of fused-ring (bicyclic) bond motifs is 4. The van der Waals surface area contributed by atoms with Gasteiger partial charge in [0.15, 0.2) is 0 Å². The molecule has 31 heavy (non-hydrogen) atoms. The molecule has 0 radical (unpaired) electrons. The van der Waals surface area contributed by atoms with Gasteiger partial charge in [0.05, 0.1) is 35.2 Å². The number of aromatic nitrogens is 3. The van der Waals surface area contributed by atoms with Crippen LogP contribution < -0.4 is 10.6 Å². The Morgan fingerprint density at radius 1 is 1.39 bits per heavy atom. The van der Waals surface area contributed by atoms with Crippen molar-refractivity contribution in [2.75, 3.05) is 5.32 Å². The molecular weight excluding hydrogens is 408 g/mol. The summed E-state index contributed by atoms with van der Waals surface area (Å²) in [6.45, 7) is 4.03. The second-order valence-electron chi connectivity index (χ2n) is 8.24. The Morgan fingerprint density at radius 3 is 2.81 bits per heavy atom. The minimum absolute atomic E-state index is 0.0553. The molecule has 8 nitrogen and oxygen atoms in total. The Morgan fingerprint density at radius 2 is 2.13 bits per heavy atom. The number of alkyl carbamates (subject to hydrolysis) is 1. The molecule has 3 heterocycles. The quantitative estimate of drug-likeness (QED) is 0.683. The fourth-order valence-electron chi connectivity index (χ4n) is 3.13. The van der Waals surface area contributed by atoms with Gasteiger partial charge in [-0.3, -0.25) is 9.78 Å². The van der Waals surface area contributed by atoms with Crippen molar-refractivity contribution in [2.24, 2.45) is 5.92 Å². The maximum atomic E-state index is 13.6. The molecule has 1 aliphatic rings. The highest BCUT2D eigenvalue weighted by molar-refractivity contribution is 5.96. The molecule has 0 aliphatic carbocycles. The summed E-state index contributed by atoms with van der Waals surface area (Å²) in [5.74, 6) is -0.895. The molecule has 2 amide bonds. The first-order valence-electron chi connectivity index (χ1n) is 9.84. The number of ether oxygens (including phenoxy) is 1. The van der Waals surface area contributed by atoms with E-state index in [2.05, 4.69) is 20.7 Å². The summed E-state index contributed by atoms with van der Waals surface area (Å²) in [5.41, 5.74) is 0.373. The normalized spacial score (nSPS) is 20.2. The first-order valence-corrected chi connectivity index (χ1v) is 9.84. The molecule has 2 N–H and O–H groups in total. The smallest absolute Gasteiger partial charge is 0.408 e. The molecule has 0 aromatic carbocycles. The Hall–Kier alpha value is -3.30. The van der Waals surface area contributed by atoms with Crippen LogP contribution in [0, 0.1) is 5.92 Å². The summed E-state index contributed by atoms with van der Waals surface area (Å²) < 4.78 is 33.0. The van der Waals surface area contributed by atoms with Crippen LogP contribution in [-0.4, -0.2) is 32.4 Å². The van der Waals surface area contributed by atoms with Gasteiger partial charge in [0.1, 0.15) is 5.60 Å². The topological polar surface area (TPSA) is 98.1 Å². The van der Waals surface area contributed by atoms with Gasteiger partial charge in [-0.15, -0.1) is 0 Å². The zero-order valence-corrected chi connectivity index (χ0v) is 17.7. The Bertz CT molecular complexity index is 997. The van der Waals surface area contributed by atoms with Crippen LogP contribution in [0.1, 0.15) is 52.4 Å². The third kappa shape index (κ3) is 5.44. The fourth-order valence-corrected chi connectivity index (χ4v) is 3.13. The van der Waals surface area contributed by atoms with E-state index in [1.807, 2.05) is 0 Å². The Balaban J connectivity index is 2.07. The standard InChI is InChI=1S/C21H25F2N5O3/c1-12-6-5-7-14(27-20(30)31-21(2,3)4)15-10-13(8-9-24-15)17-16(26-18(12)29)11-25-28(17)19(22)23/h5-6,8-12,14,19H,7H2,1-4H3,(H,26,29)(H,27,30)/b6-5-/t12-,14-/m0/s1. The highest BCUT2D eigenvalue weighted by atomic mass is 19.3. The van der Waals surface area contributed by atoms with Gasteiger partial charge < -0.3 is 15.4 Å². The van der Waals surface area contributed by atoms with Crippen LogP contribution in [0.2, 0.25) is 0 Å². The molecule has 0 saturated carbocycles. The maximum Gasteiger partial charge on any atom is 0.408 e. The van der Waals surface area contributed by atoms with Crippen molar-refractivity contribution in [1.29, 1.82) is 0 Å². The molecule has 1 aliphatic heterocycles. The van der Waals surface area contributed by atoms with Gasteiger partial charge in [-0.2, -0.15) is 13.9 Å². The van der Waals surface area contributed by atoms with E-state index in [-0.39, 0.29) is 17.3 Å². The number of hydrogen-bond acceptors (Lipinski definition) is 5. The average molecular weight is 433 g/mol. The number of rotatable bonds is 2. The van der Waals surface area contributed by atoms with Crippen molar-refractivity contribution < 1.29 is 23.1 Å². The number of halogens is 2. The second-order valence-corrected chi connectivity index (χ2v) is 8.24. The summed E-state index contributed by atoms with van der Waals surface area (Å²) in [4.78, 5) is 29.2. The van der Waals surface area contributed by atoms with Crippen molar-refractivity contribution >= 4 is 17.7 Å². The lowest BCUT2D eigenvalue weighted by atomic mass is 10.0. The van der Waals surface area contributed by atoms with Gasteiger partial charge in [-0.25, -0.2) is 9.48 Å². The molecule has 2 atom stereocenters. The summed E-state index contributed by atoms with van der Waals surface area (Å²) >= 11 is 0. The van der Waals surface area contributed by atoms with E-state index in [0.29, 0.717) is 22.4 Å². The van der Waals surface area contributed by atoms with Gasteiger partial charge in [0.2, 0.25) is 5.91 Å². The van der Waals surface area contributed by atoms with Crippen LogP contribution in [0.15, 0.2) is 36.7 Å². The molecule has 0 saturated heterocycles. The number of nitrogens with zero attached hydrogens (tertiary/aromatic N) is 3. The van der Waals surface area contributed by atoms with Crippen LogP contribution in [0.5, 0.6) is 0 Å². The van der Waals surface area contributed by atoms with Gasteiger partial charge in [-0.05, 0) is 39.3 Å². The van der Waals surface area contributed by atoms with Gasteiger partial charge in [0, 0.05) is 11.8 Å². The predicted molar refractivity (Wildman–Crippen MR) is 110 cm³/mol. The van der Waals surface area contributed by atoms with Crippen molar-refractivity contribution in [3.63, 3.8) is 0 Å². The van der Waals surface area contributed by atoms with E-state index in [1.54, 1.807) is 52.0 Å². The third-order valence-corrected chi connectivity index (χ3v) is 4.55. The summed E-state index contributed by atoms with van der Waals surface area (Å²) in [6, 6.07) is 2.55. The first-order chi connectivity index (χ1) is 14.5. The lowest BCUT2D eigenvalue weighted by Gasteiger charge is -2.23. The number of nitrogens with one attached hydrogen (secondary N) is 2. The number of anilines is 1. The number of carbonyl (C=O) groups excluding carboxylic acids is 2. The molecule has 2 aromatic rings. The van der Waals surface area contributed by atoms with Gasteiger partial charge >= 0.3 is 12.6 Å². The summed E-state index contributed by atoms with van der Waals surface area (Å²) in [5, 5.41) is 9.17. The molecule has 0 fully saturated rings. The lowest BCUT2D eigenvalue weighted by molar-refractivity contribution is -0.118. The molecule has 0 unspecified atom stereocenters. The van der Waals surface area contributed by atoms with E-state index in [4.69, 9.17) is 4.74 Å². The maximum absolute atomic E-state index is 13.6. The van der Waals surface area contributed by atoms with Crippen molar-refractivity contribution in [2.45, 2.75) is 52.3 Å². The molecule has 166 valence electrons. The molecular formula is C21H25F2N5O3. The Kier molecular flexibility index (Phi) is 6.37. The molecule has 3 rings (SSSR count). The van der Waals surface area contributed by atoms with Crippen molar-refractivity contribution in [3.8, 4) is 11.3 Å². The zero-order chi connectivity index (χ0) is 22.8. The highest BCUT2D eigenvalue weighted by Gasteiger charge is 2.25. The van der Waals surface area contributed by atoms with E-state index in [0.717, 1.165) is 0 Å². The summed E-state index contributed by atoms with van der Waals surface area (Å²) in [7, 11) is 0. The van der Waals surface area contributed by atoms with Crippen LogP contribution >= 0.6 is 0 Å². The number of hydrogen-bond donors (Lipinski definition) is 2. The highest BCUT2D eigenvalue weighted by Crippen LogP contribution is 2.33. The average Bonchev–Trinajstić information content (AvgIpc) is 3.08. The molecule has 2 aromatic heterocycles. The van der Waals surface area contributed by atoms with E-state index in [9.17, 15) is 18.4 Å². The van der Waals surface area contributed by atoms with E-state index < -0.39 is 30.2 Å². The number of carbonyl (C=O) groups is 2.